The highest BCUT2D eigenvalue weighted by molar-refractivity contribution is 5.80. The van der Waals surface area contributed by atoms with E-state index in [1.54, 1.807) is 0 Å². The molecule has 0 saturated heterocycles. The molecule has 74 valence electrons. The lowest BCUT2D eigenvalue weighted by atomic mass is 9.69. The van der Waals surface area contributed by atoms with Crippen LogP contribution in [-0.4, -0.2) is 5.91 Å². The molecule has 1 amide bonds. The van der Waals surface area contributed by atoms with Crippen molar-refractivity contribution in [2.75, 3.05) is 0 Å². The maximum absolute atomic E-state index is 11.1. The van der Waals surface area contributed by atoms with Crippen molar-refractivity contribution in [2.24, 2.45) is 22.5 Å². The molecule has 0 aromatic carbocycles. The number of primary amides is 1. The molecule has 0 bridgehead atoms. The molecule has 2 unspecified atom stereocenters. The quantitative estimate of drug-likeness (QED) is 0.661. The van der Waals surface area contributed by atoms with Gasteiger partial charge in [0.2, 0.25) is 5.91 Å². The lowest BCUT2D eigenvalue weighted by Gasteiger charge is -2.36. The van der Waals surface area contributed by atoms with E-state index in [1.807, 2.05) is 0 Å². The molecule has 2 fully saturated rings. The van der Waals surface area contributed by atoms with Crippen molar-refractivity contribution in [3.63, 3.8) is 0 Å². The SMILES string of the molecule is CC1(C)CCCC2(CC2C(N)=O)C1. The third-order valence-electron chi connectivity index (χ3n) is 3.89. The Morgan fingerprint density at radius 3 is 2.54 bits per heavy atom. The van der Waals surface area contributed by atoms with Crippen LogP contribution in [0.4, 0.5) is 0 Å². The molecule has 2 saturated carbocycles. The zero-order valence-electron chi connectivity index (χ0n) is 8.60. The molecule has 0 aliphatic heterocycles. The van der Waals surface area contributed by atoms with Crippen LogP contribution >= 0.6 is 0 Å². The van der Waals surface area contributed by atoms with E-state index in [0.29, 0.717) is 10.8 Å². The van der Waals surface area contributed by atoms with Gasteiger partial charge in [0.15, 0.2) is 0 Å². The minimum absolute atomic E-state index is 0.0716. The van der Waals surface area contributed by atoms with Crippen molar-refractivity contribution in [2.45, 2.75) is 46.0 Å². The first-order chi connectivity index (χ1) is 5.95. The predicted octanol–water partition coefficient (Wildman–Crippen LogP) is 2.08. The third kappa shape index (κ3) is 1.47. The molecule has 0 aromatic heterocycles. The van der Waals surface area contributed by atoms with Gasteiger partial charge in [-0.25, -0.2) is 0 Å². The van der Waals surface area contributed by atoms with Crippen LogP contribution in [-0.2, 0) is 4.79 Å². The van der Waals surface area contributed by atoms with Crippen LogP contribution in [0.2, 0.25) is 0 Å². The van der Waals surface area contributed by atoms with E-state index in [1.165, 1.54) is 25.7 Å². The number of hydrogen-bond acceptors (Lipinski definition) is 1. The van der Waals surface area contributed by atoms with Crippen LogP contribution in [0, 0.1) is 16.7 Å². The molecular weight excluding hydrogens is 162 g/mol. The highest BCUT2D eigenvalue weighted by Gasteiger charge is 2.59. The summed E-state index contributed by atoms with van der Waals surface area (Å²) in [6, 6.07) is 0. The maximum Gasteiger partial charge on any atom is 0.221 e. The van der Waals surface area contributed by atoms with Crippen LogP contribution in [0.5, 0.6) is 0 Å². The Bertz CT molecular complexity index is 246. The molecule has 0 heterocycles. The van der Waals surface area contributed by atoms with E-state index >= 15 is 0 Å². The average Bonchev–Trinajstić information content (AvgIpc) is 2.60. The number of carbonyl (C=O) groups is 1. The van der Waals surface area contributed by atoms with Crippen molar-refractivity contribution in [1.29, 1.82) is 0 Å². The van der Waals surface area contributed by atoms with E-state index in [0.717, 1.165) is 6.42 Å². The highest BCUT2D eigenvalue weighted by atomic mass is 16.1. The van der Waals surface area contributed by atoms with Gasteiger partial charge in [-0.3, -0.25) is 4.79 Å². The van der Waals surface area contributed by atoms with Crippen LogP contribution < -0.4 is 5.73 Å². The Morgan fingerprint density at radius 1 is 1.38 bits per heavy atom. The van der Waals surface area contributed by atoms with Crippen molar-refractivity contribution in [3.05, 3.63) is 0 Å². The smallest absolute Gasteiger partial charge is 0.221 e. The van der Waals surface area contributed by atoms with Gasteiger partial charge in [-0.05, 0) is 36.5 Å². The van der Waals surface area contributed by atoms with Gasteiger partial charge >= 0.3 is 0 Å². The van der Waals surface area contributed by atoms with Crippen molar-refractivity contribution in [1.82, 2.24) is 0 Å². The molecule has 2 N–H and O–H groups in total. The molecule has 0 radical (unpaired) electrons. The van der Waals surface area contributed by atoms with Crippen LogP contribution in [0.25, 0.3) is 0 Å². The first kappa shape index (κ1) is 9.04. The fraction of sp³-hybridized carbons (Fsp3) is 0.909. The second-order valence-corrected chi connectivity index (χ2v) is 5.72. The number of nitrogens with two attached hydrogens (primary N) is 1. The van der Waals surface area contributed by atoms with Crippen molar-refractivity contribution >= 4 is 5.91 Å². The topological polar surface area (TPSA) is 43.1 Å². The molecule has 2 aliphatic rings. The monoisotopic (exact) mass is 181 g/mol. The standard InChI is InChI=1S/C11H19NO/c1-10(2)4-3-5-11(7-10)6-8(11)9(12)13/h8H,3-7H2,1-2H3,(H2,12,13). The van der Waals surface area contributed by atoms with Gasteiger partial charge in [0, 0.05) is 5.92 Å². The Hall–Kier alpha value is -0.530. The lowest BCUT2D eigenvalue weighted by molar-refractivity contribution is -0.120. The predicted molar refractivity (Wildman–Crippen MR) is 52.0 cm³/mol. The van der Waals surface area contributed by atoms with Gasteiger partial charge < -0.3 is 5.73 Å². The molecule has 1 spiro atoms. The molecule has 0 aromatic rings. The van der Waals surface area contributed by atoms with Crippen LogP contribution in [0.3, 0.4) is 0 Å². The molecule has 2 nitrogen and oxygen atoms in total. The molecular formula is C11H19NO. The summed E-state index contributed by atoms with van der Waals surface area (Å²) in [7, 11) is 0. The fourth-order valence-electron chi connectivity index (χ4n) is 3.27. The van der Waals surface area contributed by atoms with E-state index in [9.17, 15) is 4.79 Å². The third-order valence-corrected chi connectivity index (χ3v) is 3.89. The van der Waals surface area contributed by atoms with Gasteiger partial charge in [-0.1, -0.05) is 20.3 Å². The summed E-state index contributed by atoms with van der Waals surface area (Å²) >= 11 is 0. The summed E-state index contributed by atoms with van der Waals surface area (Å²) in [5, 5.41) is 0. The maximum atomic E-state index is 11.1. The minimum Gasteiger partial charge on any atom is -0.369 e. The normalized spacial score (nSPS) is 41.8. The molecule has 13 heavy (non-hydrogen) atoms. The Balaban J connectivity index is 2.06. The summed E-state index contributed by atoms with van der Waals surface area (Å²) < 4.78 is 0. The number of rotatable bonds is 1. The largest absolute Gasteiger partial charge is 0.369 e. The zero-order chi connectivity index (χ0) is 9.69. The molecule has 2 aliphatic carbocycles. The summed E-state index contributed by atoms with van der Waals surface area (Å²) in [5.41, 5.74) is 6.11. The lowest BCUT2D eigenvalue weighted by Crippen LogP contribution is -2.28. The summed E-state index contributed by atoms with van der Waals surface area (Å²) in [5.74, 6) is 0.129. The van der Waals surface area contributed by atoms with Crippen LogP contribution in [0.1, 0.15) is 46.0 Å². The van der Waals surface area contributed by atoms with Crippen molar-refractivity contribution in [3.8, 4) is 0 Å². The second kappa shape index (κ2) is 2.49. The summed E-state index contributed by atoms with van der Waals surface area (Å²) in [6.07, 6.45) is 6.07. The van der Waals surface area contributed by atoms with E-state index in [-0.39, 0.29) is 11.8 Å². The molecule has 2 heteroatoms. The zero-order valence-corrected chi connectivity index (χ0v) is 8.60. The van der Waals surface area contributed by atoms with E-state index < -0.39 is 0 Å². The van der Waals surface area contributed by atoms with Gasteiger partial charge in [0.05, 0.1) is 0 Å². The van der Waals surface area contributed by atoms with Gasteiger partial charge in [-0.15, -0.1) is 0 Å². The number of carbonyl (C=O) groups excluding carboxylic acids is 1. The Kier molecular flexibility index (Phi) is 1.73. The van der Waals surface area contributed by atoms with Gasteiger partial charge in [0.1, 0.15) is 0 Å². The molecule has 2 atom stereocenters. The number of amides is 1. The molecule has 2 rings (SSSR count). The summed E-state index contributed by atoms with van der Waals surface area (Å²) in [6.45, 7) is 4.62. The van der Waals surface area contributed by atoms with E-state index in [4.69, 9.17) is 5.73 Å². The summed E-state index contributed by atoms with van der Waals surface area (Å²) in [4.78, 5) is 11.1. The van der Waals surface area contributed by atoms with Crippen molar-refractivity contribution < 1.29 is 4.79 Å². The highest BCUT2D eigenvalue weighted by Crippen LogP contribution is 2.64. The average molecular weight is 181 g/mol. The Morgan fingerprint density at radius 2 is 2.08 bits per heavy atom. The first-order valence-electron chi connectivity index (χ1n) is 5.25. The van der Waals surface area contributed by atoms with E-state index in [2.05, 4.69) is 13.8 Å². The van der Waals surface area contributed by atoms with Gasteiger partial charge in [-0.2, -0.15) is 0 Å². The number of hydrogen-bond donors (Lipinski definition) is 1. The van der Waals surface area contributed by atoms with Crippen LogP contribution in [0.15, 0.2) is 0 Å². The van der Waals surface area contributed by atoms with Gasteiger partial charge in [0.25, 0.3) is 0 Å². The minimum atomic E-state index is -0.0716. The first-order valence-corrected chi connectivity index (χ1v) is 5.25. The second-order valence-electron chi connectivity index (χ2n) is 5.72. The Labute approximate surface area is 79.9 Å². The fourth-order valence-corrected chi connectivity index (χ4v) is 3.27.